The van der Waals surface area contributed by atoms with E-state index in [1.54, 1.807) is 19.3 Å². The minimum Gasteiger partial charge on any atom is -0.373 e. The molecule has 2 aromatic heterocycles. The Morgan fingerprint density at radius 2 is 2.12 bits per heavy atom. The van der Waals surface area contributed by atoms with Crippen molar-refractivity contribution in [3.63, 3.8) is 0 Å². The molecular formula is C10H13N7. The van der Waals surface area contributed by atoms with Crippen molar-refractivity contribution in [2.75, 3.05) is 23.4 Å². The van der Waals surface area contributed by atoms with E-state index in [9.17, 15) is 0 Å². The van der Waals surface area contributed by atoms with Gasteiger partial charge in [-0.25, -0.2) is 0 Å². The molecule has 0 saturated carbocycles. The van der Waals surface area contributed by atoms with Gasteiger partial charge in [-0.2, -0.15) is 20.2 Å². The maximum absolute atomic E-state index is 5.57. The molecule has 0 aliphatic heterocycles. The number of hydrogen-bond acceptors (Lipinski definition) is 7. The Labute approximate surface area is 98.5 Å². The van der Waals surface area contributed by atoms with Crippen LogP contribution in [0, 0.1) is 0 Å². The number of nitrogens with zero attached hydrogens (tertiary/aromatic N) is 4. The molecule has 0 amide bonds. The Hall–Kier alpha value is -2.44. The van der Waals surface area contributed by atoms with Crippen molar-refractivity contribution < 1.29 is 0 Å². The normalized spacial score (nSPS) is 9.94. The van der Waals surface area contributed by atoms with Crippen molar-refractivity contribution >= 4 is 17.6 Å². The minimum absolute atomic E-state index is 0.221. The summed E-state index contributed by atoms with van der Waals surface area (Å²) in [5, 5.41) is 13.8. The van der Waals surface area contributed by atoms with E-state index in [-0.39, 0.29) is 5.95 Å². The quantitative estimate of drug-likeness (QED) is 0.704. The molecule has 2 rings (SSSR count). The Morgan fingerprint density at radius 3 is 2.82 bits per heavy atom. The first-order chi connectivity index (χ1) is 8.28. The van der Waals surface area contributed by atoms with Crippen molar-refractivity contribution in [1.29, 1.82) is 0 Å². The van der Waals surface area contributed by atoms with E-state index >= 15 is 0 Å². The van der Waals surface area contributed by atoms with Crippen molar-refractivity contribution in [2.45, 2.75) is 6.54 Å². The zero-order chi connectivity index (χ0) is 12.1. The van der Waals surface area contributed by atoms with Crippen LogP contribution in [0.25, 0.3) is 0 Å². The first-order valence-electron chi connectivity index (χ1n) is 5.10. The van der Waals surface area contributed by atoms with Crippen LogP contribution in [-0.4, -0.2) is 27.2 Å². The molecule has 17 heavy (non-hydrogen) atoms. The average Bonchev–Trinajstić information content (AvgIpc) is 2.37. The summed E-state index contributed by atoms with van der Waals surface area (Å²) < 4.78 is 0. The van der Waals surface area contributed by atoms with Gasteiger partial charge in [0, 0.05) is 19.3 Å². The van der Waals surface area contributed by atoms with E-state index in [4.69, 9.17) is 5.73 Å². The maximum Gasteiger partial charge on any atom is 0.223 e. The zero-order valence-corrected chi connectivity index (χ0v) is 9.38. The number of nitrogens with two attached hydrogens (primary N) is 1. The second kappa shape index (κ2) is 5.06. The van der Waals surface area contributed by atoms with E-state index in [0.29, 0.717) is 18.2 Å². The number of anilines is 3. The summed E-state index contributed by atoms with van der Waals surface area (Å²) in [6.07, 6.45) is 1.63. The highest BCUT2D eigenvalue weighted by molar-refractivity contribution is 5.50. The molecule has 88 valence electrons. The number of rotatable bonds is 4. The molecule has 0 unspecified atom stereocenters. The molecule has 0 bridgehead atoms. The average molecular weight is 231 g/mol. The molecule has 7 heteroatoms. The van der Waals surface area contributed by atoms with Crippen LogP contribution in [0.5, 0.6) is 0 Å². The van der Waals surface area contributed by atoms with E-state index in [1.165, 1.54) is 0 Å². The zero-order valence-electron chi connectivity index (χ0n) is 9.38. The minimum atomic E-state index is 0.221. The summed E-state index contributed by atoms with van der Waals surface area (Å²) >= 11 is 0. The second-order valence-corrected chi connectivity index (χ2v) is 3.32. The third-order valence-electron chi connectivity index (χ3n) is 2.08. The molecule has 0 atom stereocenters. The van der Waals surface area contributed by atoms with Crippen LogP contribution in [0.1, 0.15) is 5.69 Å². The highest BCUT2D eigenvalue weighted by Crippen LogP contribution is 2.12. The molecule has 0 spiro atoms. The van der Waals surface area contributed by atoms with Gasteiger partial charge in [0.2, 0.25) is 5.95 Å². The van der Waals surface area contributed by atoms with E-state index < -0.39 is 0 Å². The van der Waals surface area contributed by atoms with Gasteiger partial charge in [0.15, 0.2) is 0 Å². The number of nitrogens with one attached hydrogen (secondary N) is 2. The molecule has 7 nitrogen and oxygen atoms in total. The predicted octanol–water partition coefficient (Wildman–Crippen LogP) is 0.503. The van der Waals surface area contributed by atoms with E-state index in [2.05, 4.69) is 30.8 Å². The molecule has 4 N–H and O–H groups in total. The van der Waals surface area contributed by atoms with Crippen molar-refractivity contribution in [3.05, 3.63) is 30.1 Å². The van der Waals surface area contributed by atoms with Crippen LogP contribution in [0.4, 0.5) is 17.6 Å². The highest BCUT2D eigenvalue weighted by Gasteiger charge is 2.01. The monoisotopic (exact) mass is 231 g/mol. The maximum atomic E-state index is 5.57. The first kappa shape index (κ1) is 11.1. The van der Waals surface area contributed by atoms with Crippen LogP contribution in [0.3, 0.4) is 0 Å². The second-order valence-electron chi connectivity index (χ2n) is 3.32. The lowest BCUT2D eigenvalue weighted by atomic mass is 10.4. The number of nitrogen functional groups attached to an aromatic ring is 1. The largest absolute Gasteiger partial charge is 0.373 e. The Balaban J connectivity index is 2.06. The molecule has 0 aliphatic carbocycles. The summed E-state index contributed by atoms with van der Waals surface area (Å²) in [5.74, 6) is 1.53. The standard InChI is InChI=1S/C10H13N7/c1-12-8-5-9(16-10(11)15-8)13-6-7-3-2-4-14-17-7/h2-5H,6H2,1H3,(H4,11,12,13,15,16). The van der Waals surface area contributed by atoms with Crippen LogP contribution in [0.2, 0.25) is 0 Å². The van der Waals surface area contributed by atoms with Gasteiger partial charge in [-0.15, -0.1) is 0 Å². The number of hydrogen-bond donors (Lipinski definition) is 3. The van der Waals surface area contributed by atoms with Crippen LogP contribution >= 0.6 is 0 Å². The molecule has 0 fully saturated rings. The van der Waals surface area contributed by atoms with Gasteiger partial charge < -0.3 is 16.4 Å². The van der Waals surface area contributed by atoms with Crippen molar-refractivity contribution in [1.82, 2.24) is 20.2 Å². The van der Waals surface area contributed by atoms with Gasteiger partial charge in [-0.05, 0) is 12.1 Å². The molecule has 0 radical (unpaired) electrons. The van der Waals surface area contributed by atoms with Gasteiger partial charge in [0.25, 0.3) is 0 Å². The van der Waals surface area contributed by atoms with Crippen molar-refractivity contribution in [2.24, 2.45) is 0 Å². The smallest absolute Gasteiger partial charge is 0.223 e. The molecule has 0 saturated heterocycles. The van der Waals surface area contributed by atoms with Crippen molar-refractivity contribution in [3.8, 4) is 0 Å². The van der Waals surface area contributed by atoms with Gasteiger partial charge in [0.1, 0.15) is 11.6 Å². The molecular weight excluding hydrogens is 218 g/mol. The summed E-state index contributed by atoms with van der Waals surface area (Å²) in [7, 11) is 1.77. The fourth-order valence-electron chi connectivity index (χ4n) is 1.29. The molecule has 2 heterocycles. The molecule has 0 aliphatic rings. The molecule has 2 aromatic rings. The van der Waals surface area contributed by atoms with Gasteiger partial charge in [0.05, 0.1) is 12.2 Å². The third kappa shape index (κ3) is 3.00. The van der Waals surface area contributed by atoms with Gasteiger partial charge in [-0.1, -0.05) is 0 Å². The lowest BCUT2D eigenvalue weighted by Crippen LogP contribution is -2.07. The van der Waals surface area contributed by atoms with Gasteiger partial charge >= 0.3 is 0 Å². The summed E-state index contributed by atoms with van der Waals surface area (Å²) in [6.45, 7) is 0.535. The highest BCUT2D eigenvalue weighted by atomic mass is 15.1. The molecule has 0 aromatic carbocycles. The van der Waals surface area contributed by atoms with E-state index in [0.717, 1.165) is 5.69 Å². The first-order valence-corrected chi connectivity index (χ1v) is 5.10. The van der Waals surface area contributed by atoms with Crippen LogP contribution < -0.4 is 16.4 Å². The summed E-state index contributed by atoms with van der Waals surface area (Å²) in [6, 6.07) is 5.48. The SMILES string of the molecule is CNc1cc(NCc2cccnn2)nc(N)n1. The lowest BCUT2D eigenvalue weighted by molar-refractivity contribution is 0.920. The van der Waals surface area contributed by atoms with Crippen LogP contribution in [-0.2, 0) is 6.54 Å². The fraction of sp³-hybridized carbons (Fsp3) is 0.200. The van der Waals surface area contributed by atoms with E-state index in [1.807, 2.05) is 12.1 Å². The Bertz CT molecular complexity index is 485. The predicted molar refractivity (Wildman–Crippen MR) is 65.3 cm³/mol. The third-order valence-corrected chi connectivity index (χ3v) is 2.08. The van der Waals surface area contributed by atoms with Crippen LogP contribution in [0.15, 0.2) is 24.4 Å². The summed E-state index contributed by atoms with van der Waals surface area (Å²) in [5.41, 5.74) is 6.40. The Kier molecular flexibility index (Phi) is 3.29. The topological polar surface area (TPSA) is 102 Å². The summed E-state index contributed by atoms with van der Waals surface area (Å²) in [4.78, 5) is 8.06. The fourth-order valence-corrected chi connectivity index (χ4v) is 1.29. The lowest BCUT2D eigenvalue weighted by Gasteiger charge is -2.07. The van der Waals surface area contributed by atoms with Gasteiger partial charge in [-0.3, -0.25) is 0 Å². The number of aromatic nitrogens is 4. The Morgan fingerprint density at radius 1 is 1.29 bits per heavy atom.